The predicted molar refractivity (Wildman–Crippen MR) is 109 cm³/mol. The molecule has 3 amide bonds. The number of imide groups is 1. The summed E-state index contributed by atoms with van der Waals surface area (Å²) < 4.78 is 0. The Morgan fingerprint density at radius 1 is 1.18 bits per heavy atom. The molecule has 0 spiro atoms. The number of anilines is 1. The number of urea groups is 1. The Morgan fingerprint density at radius 2 is 1.89 bits per heavy atom. The second kappa shape index (κ2) is 7.54. The first-order valence-electron chi connectivity index (χ1n) is 10.0. The normalized spacial score (nSPS) is 28.2. The largest absolute Gasteiger partial charge is 0.343 e. The number of carbonyl (C=O) groups excluding carboxylic acids is 2. The molecule has 28 heavy (non-hydrogen) atoms. The summed E-state index contributed by atoms with van der Waals surface area (Å²) in [6, 6.07) is 7.20. The van der Waals surface area contributed by atoms with Crippen molar-refractivity contribution in [2.45, 2.75) is 45.2 Å². The average Bonchev–Trinajstić information content (AvgIpc) is 3.06. The molecule has 3 fully saturated rings. The Morgan fingerprint density at radius 3 is 2.57 bits per heavy atom. The Kier molecular flexibility index (Phi) is 5.24. The number of hydrogen-bond acceptors (Lipinski definition) is 5. The third-order valence-corrected chi connectivity index (χ3v) is 6.21. The summed E-state index contributed by atoms with van der Waals surface area (Å²) in [5, 5.41) is 4.23. The summed E-state index contributed by atoms with van der Waals surface area (Å²) >= 11 is 6.04. The molecular formula is C20H28ClN5O2. The summed E-state index contributed by atoms with van der Waals surface area (Å²) in [7, 11) is 1.78. The van der Waals surface area contributed by atoms with E-state index in [-0.39, 0.29) is 30.4 Å². The molecule has 3 atom stereocenters. The number of nitrogens with one attached hydrogen (secondary N) is 1. The van der Waals surface area contributed by atoms with Crippen molar-refractivity contribution in [3.63, 3.8) is 0 Å². The molecule has 3 saturated heterocycles. The Balaban J connectivity index is 1.60. The van der Waals surface area contributed by atoms with Crippen LogP contribution >= 0.6 is 11.6 Å². The van der Waals surface area contributed by atoms with Crippen molar-refractivity contribution in [2.24, 2.45) is 5.92 Å². The fourth-order valence-corrected chi connectivity index (χ4v) is 4.54. The van der Waals surface area contributed by atoms with E-state index < -0.39 is 0 Å². The highest BCUT2D eigenvalue weighted by Crippen LogP contribution is 2.33. The van der Waals surface area contributed by atoms with E-state index in [0.29, 0.717) is 17.5 Å². The number of fused-ring (bicyclic) bond motifs is 3. The fourth-order valence-electron chi connectivity index (χ4n) is 4.41. The summed E-state index contributed by atoms with van der Waals surface area (Å²) in [5.41, 5.74) is 1.06. The maximum Gasteiger partial charge on any atom is 0.327 e. The molecular weight excluding hydrogens is 378 g/mol. The van der Waals surface area contributed by atoms with E-state index in [0.717, 1.165) is 31.6 Å². The second-order valence-electron chi connectivity index (χ2n) is 8.26. The molecule has 152 valence electrons. The van der Waals surface area contributed by atoms with Gasteiger partial charge in [-0.05, 0) is 43.0 Å². The number of carbonyl (C=O) groups is 2. The zero-order chi connectivity index (χ0) is 20.0. The molecule has 3 unspecified atom stereocenters. The van der Waals surface area contributed by atoms with Gasteiger partial charge in [0.15, 0.2) is 0 Å². The van der Waals surface area contributed by atoms with Gasteiger partial charge in [0.2, 0.25) is 0 Å². The average molecular weight is 406 g/mol. The summed E-state index contributed by atoms with van der Waals surface area (Å²) in [4.78, 5) is 33.7. The number of benzene rings is 1. The van der Waals surface area contributed by atoms with Crippen LogP contribution in [0, 0.1) is 5.92 Å². The van der Waals surface area contributed by atoms with Crippen molar-refractivity contribution in [1.82, 2.24) is 20.0 Å². The van der Waals surface area contributed by atoms with E-state index >= 15 is 0 Å². The number of amides is 3. The number of rotatable bonds is 4. The van der Waals surface area contributed by atoms with E-state index in [1.807, 2.05) is 24.3 Å². The molecule has 0 aliphatic carbocycles. The fraction of sp³-hybridized carbons (Fsp3) is 0.600. The van der Waals surface area contributed by atoms with E-state index in [2.05, 4.69) is 29.0 Å². The van der Waals surface area contributed by atoms with Crippen LogP contribution in [0.15, 0.2) is 24.3 Å². The van der Waals surface area contributed by atoms with Crippen molar-refractivity contribution in [3.05, 3.63) is 29.3 Å². The molecule has 1 N–H and O–H groups in total. The second-order valence-corrected chi connectivity index (χ2v) is 8.69. The molecule has 7 nitrogen and oxygen atoms in total. The number of halogens is 1. The molecule has 0 radical (unpaired) electrons. The number of hydrogen-bond donors (Lipinski definition) is 1. The van der Waals surface area contributed by atoms with Crippen LogP contribution in [0.5, 0.6) is 0 Å². The standard InChI is InChI=1S/C20H28ClN5O2/c1-13(2)9-12-26-18(27)16-17(23(3)20(26)28)22-19-24(10-4-11-25(16)19)15-7-5-14(21)6-8-15/h5-8,13,16-17,19,22H,4,9-12H2,1-3H3. The van der Waals surface area contributed by atoms with Crippen molar-refractivity contribution in [2.75, 3.05) is 31.6 Å². The Hall–Kier alpha value is -1.83. The zero-order valence-corrected chi connectivity index (χ0v) is 17.4. The lowest BCUT2D eigenvalue weighted by atomic mass is 10.1. The maximum absolute atomic E-state index is 13.3. The Labute approximate surface area is 171 Å². The molecule has 0 saturated carbocycles. The molecule has 3 heterocycles. The van der Waals surface area contributed by atoms with Crippen molar-refractivity contribution in [3.8, 4) is 0 Å². The van der Waals surface area contributed by atoms with E-state index in [9.17, 15) is 9.59 Å². The molecule has 4 rings (SSSR count). The summed E-state index contributed by atoms with van der Waals surface area (Å²) in [6.07, 6.45) is 1.35. The van der Waals surface area contributed by atoms with Crippen LogP contribution in [0.1, 0.15) is 26.7 Å². The van der Waals surface area contributed by atoms with Gasteiger partial charge >= 0.3 is 6.03 Å². The quantitative estimate of drug-likeness (QED) is 0.833. The van der Waals surface area contributed by atoms with Gasteiger partial charge in [0.1, 0.15) is 18.5 Å². The van der Waals surface area contributed by atoms with Crippen molar-refractivity contribution in [1.29, 1.82) is 0 Å². The van der Waals surface area contributed by atoms with Crippen LogP contribution < -0.4 is 10.2 Å². The van der Waals surface area contributed by atoms with Crippen LogP contribution in [-0.2, 0) is 4.79 Å². The van der Waals surface area contributed by atoms with Crippen molar-refractivity contribution < 1.29 is 9.59 Å². The van der Waals surface area contributed by atoms with Crippen LogP contribution in [-0.4, -0.2) is 71.8 Å². The van der Waals surface area contributed by atoms with Gasteiger partial charge in [0.05, 0.1) is 0 Å². The third-order valence-electron chi connectivity index (χ3n) is 5.96. The molecule has 0 bridgehead atoms. The molecule has 1 aromatic rings. The van der Waals surface area contributed by atoms with Gasteiger partial charge in [-0.25, -0.2) is 4.79 Å². The predicted octanol–water partition coefficient (Wildman–Crippen LogP) is 2.37. The van der Waals surface area contributed by atoms with Gasteiger partial charge < -0.3 is 9.80 Å². The van der Waals surface area contributed by atoms with Crippen LogP contribution in [0.3, 0.4) is 0 Å². The molecule has 8 heteroatoms. The topological polar surface area (TPSA) is 59.1 Å². The molecule has 3 aliphatic heterocycles. The van der Waals surface area contributed by atoms with Gasteiger partial charge in [-0.1, -0.05) is 25.4 Å². The van der Waals surface area contributed by atoms with Gasteiger partial charge in [-0.3, -0.25) is 19.9 Å². The van der Waals surface area contributed by atoms with Crippen LogP contribution in [0.2, 0.25) is 5.02 Å². The lowest BCUT2D eigenvalue weighted by Gasteiger charge is -2.44. The summed E-state index contributed by atoms with van der Waals surface area (Å²) in [5.74, 6) is 0.357. The maximum atomic E-state index is 13.3. The lowest BCUT2D eigenvalue weighted by molar-refractivity contribution is -0.138. The zero-order valence-electron chi connectivity index (χ0n) is 16.6. The minimum absolute atomic E-state index is 0.0818. The van der Waals surface area contributed by atoms with Crippen molar-refractivity contribution >= 4 is 29.2 Å². The van der Waals surface area contributed by atoms with E-state index in [1.165, 1.54) is 4.90 Å². The monoisotopic (exact) mass is 405 g/mol. The number of likely N-dealkylation sites (N-methyl/N-ethyl adjacent to an activating group) is 1. The van der Waals surface area contributed by atoms with Gasteiger partial charge in [0, 0.05) is 37.4 Å². The summed E-state index contributed by atoms with van der Waals surface area (Å²) in [6.45, 7) is 6.40. The highest BCUT2D eigenvalue weighted by molar-refractivity contribution is 6.30. The van der Waals surface area contributed by atoms with E-state index in [4.69, 9.17) is 11.6 Å². The van der Waals surface area contributed by atoms with Crippen LogP contribution in [0.4, 0.5) is 10.5 Å². The first-order valence-corrected chi connectivity index (χ1v) is 10.4. The van der Waals surface area contributed by atoms with Gasteiger partial charge in [-0.15, -0.1) is 0 Å². The SMILES string of the molecule is CC(C)CCN1C(=O)C2C(NC3N(c4ccc(Cl)cc4)CCCN23)N(C)C1=O. The first kappa shape index (κ1) is 19.5. The first-order chi connectivity index (χ1) is 13.4. The minimum Gasteiger partial charge on any atom is -0.343 e. The highest BCUT2D eigenvalue weighted by Gasteiger charge is 2.55. The lowest BCUT2D eigenvalue weighted by Crippen LogP contribution is -2.66. The third kappa shape index (κ3) is 3.25. The van der Waals surface area contributed by atoms with Gasteiger partial charge in [0.25, 0.3) is 5.91 Å². The minimum atomic E-state index is -0.352. The smallest absolute Gasteiger partial charge is 0.327 e. The van der Waals surface area contributed by atoms with Crippen LogP contribution in [0.25, 0.3) is 0 Å². The molecule has 1 aromatic carbocycles. The molecule has 0 aromatic heterocycles. The van der Waals surface area contributed by atoms with Gasteiger partial charge in [-0.2, -0.15) is 0 Å². The number of nitrogens with zero attached hydrogens (tertiary/aromatic N) is 4. The van der Waals surface area contributed by atoms with E-state index in [1.54, 1.807) is 11.9 Å². The highest BCUT2D eigenvalue weighted by atomic mass is 35.5. The Bertz CT molecular complexity index is 755. The molecule has 3 aliphatic rings.